The van der Waals surface area contributed by atoms with Crippen LogP contribution >= 0.6 is 7.92 Å². The summed E-state index contributed by atoms with van der Waals surface area (Å²) >= 11 is 0. The molecule has 0 amide bonds. The third kappa shape index (κ3) is 4.11. The first-order chi connectivity index (χ1) is 16.7. The van der Waals surface area contributed by atoms with Crippen molar-refractivity contribution in [2.75, 3.05) is 6.66 Å². The van der Waals surface area contributed by atoms with Gasteiger partial charge in [0, 0.05) is 0 Å². The van der Waals surface area contributed by atoms with Crippen molar-refractivity contribution in [3.8, 4) is 11.1 Å². The Balaban J connectivity index is 0.000000165. The van der Waals surface area contributed by atoms with Crippen LogP contribution in [0.2, 0.25) is 0 Å². The third-order valence-corrected chi connectivity index (χ3v) is 13.9. The monoisotopic (exact) mass is 470 g/mol. The van der Waals surface area contributed by atoms with Crippen LogP contribution in [0.1, 0.15) is 70.6 Å². The molecule has 8 fully saturated rings. The van der Waals surface area contributed by atoms with Crippen LogP contribution in [0.25, 0.3) is 11.1 Å². The van der Waals surface area contributed by atoms with Crippen LogP contribution in [0, 0.1) is 47.3 Å². The molecule has 8 bridgehead atoms. The molecule has 8 aliphatic carbocycles. The molecule has 10 rings (SSSR count). The molecule has 0 radical (unpaired) electrons. The summed E-state index contributed by atoms with van der Waals surface area (Å²) in [5.41, 5.74) is 3.87. The minimum atomic E-state index is -0.0700. The van der Waals surface area contributed by atoms with Gasteiger partial charge in [-0.3, -0.25) is 0 Å². The minimum absolute atomic E-state index is 0.0700. The molecular formula is C33H43P. The lowest BCUT2D eigenvalue weighted by atomic mass is 9.56. The number of rotatable bonds is 3. The van der Waals surface area contributed by atoms with E-state index in [2.05, 4.69) is 61.3 Å². The molecule has 1 heteroatoms. The average Bonchev–Trinajstić information content (AvgIpc) is 2.83. The zero-order chi connectivity index (χ0) is 22.6. The highest BCUT2D eigenvalue weighted by molar-refractivity contribution is 7.66. The van der Waals surface area contributed by atoms with E-state index in [4.69, 9.17) is 0 Å². The Bertz CT molecular complexity index is 908. The minimum Gasteiger partial charge on any atom is -0.0741 e. The molecule has 2 aromatic carbocycles. The lowest BCUT2D eigenvalue weighted by Gasteiger charge is -2.56. The van der Waals surface area contributed by atoms with E-state index in [0.717, 1.165) is 29.3 Å². The van der Waals surface area contributed by atoms with E-state index in [9.17, 15) is 0 Å². The Labute approximate surface area is 209 Å². The summed E-state index contributed by atoms with van der Waals surface area (Å²) in [6, 6.07) is 20.3. The van der Waals surface area contributed by atoms with Crippen molar-refractivity contribution < 1.29 is 0 Å². The molecule has 1 atom stereocenters. The van der Waals surface area contributed by atoms with Gasteiger partial charge in [-0.2, -0.15) is 0 Å². The van der Waals surface area contributed by atoms with Crippen molar-refractivity contribution >= 4 is 13.2 Å². The maximum atomic E-state index is 2.59. The molecule has 2 aromatic rings. The molecule has 8 saturated carbocycles. The van der Waals surface area contributed by atoms with Gasteiger partial charge in [0.05, 0.1) is 0 Å². The Hall–Kier alpha value is -1.13. The second kappa shape index (κ2) is 9.07. The van der Waals surface area contributed by atoms with Gasteiger partial charge in [0.1, 0.15) is 0 Å². The van der Waals surface area contributed by atoms with Crippen molar-refractivity contribution in [3.63, 3.8) is 0 Å². The van der Waals surface area contributed by atoms with E-state index in [1.807, 2.05) is 0 Å². The van der Waals surface area contributed by atoms with Crippen LogP contribution in [0.5, 0.6) is 0 Å². The zero-order valence-corrected chi connectivity index (χ0v) is 22.0. The molecule has 0 heterocycles. The Morgan fingerprint density at radius 3 is 1.41 bits per heavy atom. The molecule has 1 unspecified atom stereocenters. The van der Waals surface area contributed by atoms with E-state index in [-0.39, 0.29) is 7.92 Å². The molecule has 0 aromatic heterocycles. The standard InChI is InChI=1S/C23H27P.C10H16/c1-24(23-19-12-16-11-17(14-19)15-20(23)13-16)22-10-6-5-9-21(22)18-7-3-2-4-8-18;1-7-2-9-4-8(1)5-10(3-7)6-9/h2-10,16-17,19-20,23H,11-15H2,1H3;7-10H,1-6H2. The maximum Gasteiger partial charge on any atom is -0.0107 e. The first-order valence-corrected chi connectivity index (χ1v) is 16.4. The molecule has 0 aliphatic heterocycles. The molecule has 34 heavy (non-hydrogen) atoms. The summed E-state index contributed by atoms with van der Waals surface area (Å²) in [6.45, 7) is 2.59. The number of hydrogen-bond acceptors (Lipinski definition) is 0. The summed E-state index contributed by atoms with van der Waals surface area (Å²) in [4.78, 5) is 0. The molecule has 8 aliphatic rings. The first-order valence-electron chi connectivity index (χ1n) is 14.6. The lowest BCUT2D eigenvalue weighted by Crippen LogP contribution is -2.48. The molecule has 0 saturated heterocycles. The van der Waals surface area contributed by atoms with E-state index in [0.29, 0.717) is 0 Å². The molecule has 0 N–H and O–H groups in total. The fourth-order valence-electron chi connectivity index (χ4n) is 10.3. The van der Waals surface area contributed by atoms with Gasteiger partial charge in [-0.1, -0.05) is 62.5 Å². The van der Waals surface area contributed by atoms with Crippen molar-refractivity contribution in [1.82, 2.24) is 0 Å². The zero-order valence-electron chi connectivity index (χ0n) is 21.1. The van der Waals surface area contributed by atoms with Gasteiger partial charge in [-0.25, -0.2) is 0 Å². The van der Waals surface area contributed by atoms with Crippen molar-refractivity contribution in [3.05, 3.63) is 54.6 Å². The van der Waals surface area contributed by atoms with E-state index in [1.165, 1.54) is 60.5 Å². The summed E-state index contributed by atoms with van der Waals surface area (Å²) in [7, 11) is -0.0700. The SMILES string of the molecule is C1C2CC3CC1CC(C2)C3.CP(c1ccccc1-c1ccccc1)C1C2CC3CC(C2)CC1C3. The highest BCUT2D eigenvalue weighted by Crippen LogP contribution is 2.62. The van der Waals surface area contributed by atoms with Gasteiger partial charge in [-0.05, 0) is 147 Å². The Morgan fingerprint density at radius 1 is 0.500 bits per heavy atom. The van der Waals surface area contributed by atoms with Crippen LogP contribution < -0.4 is 5.30 Å². The summed E-state index contributed by atoms with van der Waals surface area (Å²) in [6.07, 6.45) is 17.3. The van der Waals surface area contributed by atoms with Crippen LogP contribution in [0.15, 0.2) is 54.6 Å². The van der Waals surface area contributed by atoms with Crippen LogP contribution in [-0.2, 0) is 0 Å². The van der Waals surface area contributed by atoms with E-state index in [1.54, 1.807) is 50.3 Å². The molecule has 0 nitrogen and oxygen atoms in total. The van der Waals surface area contributed by atoms with Crippen LogP contribution in [0.3, 0.4) is 0 Å². The Kier molecular flexibility index (Phi) is 5.89. The van der Waals surface area contributed by atoms with Gasteiger partial charge in [-0.15, -0.1) is 0 Å². The maximum absolute atomic E-state index is 2.59. The van der Waals surface area contributed by atoms with Gasteiger partial charge < -0.3 is 0 Å². The highest BCUT2D eigenvalue weighted by atomic mass is 31.1. The highest BCUT2D eigenvalue weighted by Gasteiger charge is 2.50. The largest absolute Gasteiger partial charge is 0.0741 e. The third-order valence-electron chi connectivity index (χ3n) is 11.0. The van der Waals surface area contributed by atoms with E-state index >= 15 is 0 Å². The van der Waals surface area contributed by atoms with Gasteiger partial charge >= 0.3 is 0 Å². The summed E-state index contributed by atoms with van der Waals surface area (Å²) in [5.74, 6) is 8.93. The van der Waals surface area contributed by atoms with Gasteiger partial charge in [0.25, 0.3) is 0 Å². The Morgan fingerprint density at radius 2 is 0.912 bits per heavy atom. The molecule has 0 spiro atoms. The fourth-order valence-corrected chi connectivity index (χ4v) is 13.3. The van der Waals surface area contributed by atoms with Crippen molar-refractivity contribution in [1.29, 1.82) is 0 Å². The average molecular weight is 471 g/mol. The summed E-state index contributed by atoms with van der Waals surface area (Å²) < 4.78 is 0. The predicted octanol–water partition coefficient (Wildman–Crippen LogP) is 8.75. The topological polar surface area (TPSA) is 0 Å². The second-order valence-electron chi connectivity index (χ2n) is 13.3. The van der Waals surface area contributed by atoms with E-state index < -0.39 is 0 Å². The number of benzene rings is 2. The predicted molar refractivity (Wildman–Crippen MR) is 147 cm³/mol. The van der Waals surface area contributed by atoms with Crippen molar-refractivity contribution in [2.45, 2.75) is 76.3 Å². The first kappa shape index (κ1) is 22.1. The van der Waals surface area contributed by atoms with Crippen LogP contribution in [-0.4, -0.2) is 12.3 Å². The smallest absolute Gasteiger partial charge is 0.0107 e. The quantitative estimate of drug-likeness (QED) is 0.393. The molecule has 180 valence electrons. The normalized spacial score (nSPS) is 41.7. The van der Waals surface area contributed by atoms with Gasteiger partial charge in [0.2, 0.25) is 0 Å². The van der Waals surface area contributed by atoms with Crippen molar-refractivity contribution in [2.24, 2.45) is 47.3 Å². The fraction of sp³-hybridized carbons (Fsp3) is 0.636. The lowest BCUT2D eigenvalue weighted by molar-refractivity contribution is 0.0198. The summed E-state index contributed by atoms with van der Waals surface area (Å²) in [5, 5.41) is 1.65. The second-order valence-corrected chi connectivity index (χ2v) is 15.6. The van der Waals surface area contributed by atoms with Gasteiger partial charge in [0.15, 0.2) is 0 Å². The number of hydrogen-bond donors (Lipinski definition) is 0. The van der Waals surface area contributed by atoms with Crippen LogP contribution in [0.4, 0.5) is 0 Å². The molecular weight excluding hydrogens is 427 g/mol.